The van der Waals surface area contributed by atoms with Crippen molar-refractivity contribution in [3.63, 3.8) is 0 Å². The molecule has 0 saturated heterocycles. The molecule has 0 aromatic heterocycles. The van der Waals surface area contributed by atoms with Crippen LogP contribution in [-0.4, -0.2) is 101 Å². The molecule has 0 fully saturated rings. The van der Waals surface area contributed by atoms with Crippen molar-refractivity contribution in [2.45, 2.75) is 57.3 Å². The van der Waals surface area contributed by atoms with Crippen LogP contribution < -0.4 is 30.0 Å². The number of rotatable bonds is 17. The van der Waals surface area contributed by atoms with Crippen molar-refractivity contribution < 1.29 is 92.7 Å². The summed E-state index contributed by atoms with van der Waals surface area (Å²) in [6.07, 6.45) is -10.5. The van der Waals surface area contributed by atoms with Crippen molar-refractivity contribution in [3.8, 4) is 23.0 Å². The second-order valence-electron chi connectivity index (χ2n) is 20.4. The Bertz CT molecular complexity index is 3790. The Labute approximate surface area is 528 Å². The highest BCUT2D eigenvalue weighted by atomic mass is 35.5. The van der Waals surface area contributed by atoms with E-state index in [1.165, 1.54) is 27.8 Å². The fourth-order valence-electron chi connectivity index (χ4n) is 9.59. The number of hydrogen-bond donors (Lipinski definition) is 3. The minimum Gasteiger partial charge on any atom is -0.493 e. The number of amides is 1. The van der Waals surface area contributed by atoms with Gasteiger partial charge in [0.15, 0.2) is 23.0 Å². The molecule has 0 bridgehead atoms. The zero-order chi connectivity index (χ0) is 68.7. The third-order valence-electron chi connectivity index (χ3n) is 14.5. The van der Waals surface area contributed by atoms with E-state index < -0.39 is 101 Å². The van der Waals surface area contributed by atoms with Gasteiger partial charge in [0.1, 0.15) is 16.7 Å². The largest absolute Gasteiger partial charge is 0.493 e. The number of carbonyl (C=O) groups excluding carboxylic acids is 2. The summed E-state index contributed by atoms with van der Waals surface area (Å²) in [4.78, 5) is 67.5. The van der Waals surface area contributed by atoms with Gasteiger partial charge in [-0.25, -0.2) is 4.79 Å². The number of nitro groups is 3. The highest BCUT2D eigenvalue weighted by Crippen LogP contribution is 2.38. The van der Waals surface area contributed by atoms with Gasteiger partial charge in [0.25, 0.3) is 28.2 Å². The highest BCUT2D eigenvalue weighted by molar-refractivity contribution is 6.68. The topological polar surface area (TPSA) is 282 Å². The molecule has 2 aliphatic rings. The third-order valence-corrected chi connectivity index (χ3v) is 14.7. The molecule has 0 saturated carbocycles. The first-order valence-corrected chi connectivity index (χ1v) is 27.8. The van der Waals surface area contributed by atoms with Crippen molar-refractivity contribution in [1.29, 1.82) is 0 Å². The molecule has 7 aromatic carbocycles. The second-order valence-corrected chi connectivity index (χ2v) is 20.8. The van der Waals surface area contributed by atoms with Crippen LogP contribution in [0, 0.1) is 30.3 Å². The number of nitrogen functional groups attached to an aromatic ring is 1. The van der Waals surface area contributed by atoms with Crippen LogP contribution >= 0.6 is 11.6 Å². The lowest BCUT2D eigenvalue weighted by Crippen LogP contribution is -2.32. The van der Waals surface area contributed by atoms with Crippen LogP contribution in [-0.2, 0) is 57.3 Å². The molecular formula is C62H57ClF9N7O14. The number of nitrogens with zero attached hydrogens (tertiary/aromatic N) is 5. The number of carboxylic acids is 1. The van der Waals surface area contributed by atoms with Gasteiger partial charge in [-0.15, -0.1) is 0 Å². The number of benzene rings is 7. The van der Waals surface area contributed by atoms with Crippen LogP contribution in [0.25, 0.3) is 0 Å². The van der Waals surface area contributed by atoms with Crippen molar-refractivity contribution >= 4 is 57.2 Å². The van der Waals surface area contributed by atoms with Gasteiger partial charge >= 0.3 is 24.5 Å². The predicted octanol–water partition coefficient (Wildman–Crippen LogP) is 13.7. The number of anilines is 2. The molecule has 21 nitrogen and oxygen atoms in total. The predicted molar refractivity (Wildman–Crippen MR) is 321 cm³/mol. The Morgan fingerprint density at radius 2 is 0.849 bits per heavy atom. The summed E-state index contributed by atoms with van der Waals surface area (Å²) in [5, 5.41) is 42.0. The van der Waals surface area contributed by atoms with Crippen molar-refractivity contribution in [3.05, 3.63) is 224 Å². The molecule has 0 aliphatic carbocycles. The molecular weight excluding hydrogens is 1270 g/mol. The summed E-state index contributed by atoms with van der Waals surface area (Å²) in [5.41, 5.74) is 6.03. The van der Waals surface area contributed by atoms with Crippen molar-refractivity contribution in [2.24, 2.45) is 0 Å². The van der Waals surface area contributed by atoms with E-state index in [1.807, 2.05) is 36.4 Å². The summed E-state index contributed by atoms with van der Waals surface area (Å²) >= 11 is 4.99. The van der Waals surface area contributed by atoms with E-state index in [2.05, 4.69) is 39.4 Å². The summed E-state index contributed by atoms with van der Waals surface area (Å²) in [6.45, 7) is 5.61. The van der Waals surface area contributed by atoms with Gasteiger partial charge in [0, 0.05) is 68.8 Å². The fourth-order valence-corrected chi connectivity index (χ4v) is 9.75. The molecule has 0 spiro atoms. The standard InChI is InChI=1S/C27H26F3N3O5.C19H24N2O2.C8H3ClF3NO3.C8H4F3NO4/c1-37-24-13-18-10-12-32(16-19(18)14-25(24)38-2)11-9-17-3-6-21(7-4-17)31-26(34)22-8-5-20(27(28,29)30)15-23(22)33(35)36;1-22-18-11-15-8-10-21(13-16(15)12-19(18)23-2)9-7-14-3-5-17(20)6-4-14;9-7(14)5-2-1-4(8(10,11)12)3-6(5)13(15)16;9-8(10,11)4-1-2-5(7(13)14)6(3-4)12(15)16/h3-8,13-15H,9-12,16H2,1-2H3,(H,31,34);3-6,11-12H,7-10,13,20H2,1-2H3;1-3H;1-3H,(H,13,14). The van der Waals surface area contributed by atoms with Gasteiger partial charge in [0.05, 0.1) is 59.9 Å². The Morgan fingerprint density at radius 1 is 0.516 bits per heavy atom. The van der Waals surface area contributed by atoms with E-state index in [0.717, 1.165) is 99.5 Å². The fraction of sp³-hybridized carbons (Fsp3) is 0.274. The number of alkyl halides is 9. The summed E-state index contributed by atoms with van der Waals surface area (Å²) in [6, 6.07) is 28.0. The Hall–Kier alpha value is -10.1. The molecule has 93 heavy (non-hydrogen) atoms. The molecule has 9 rings (SSSR count). The Morgan fingerprint density at radius 3 is 1.19 bits per heavy atom. The smallest absolute Gasteiger partial charge is 0.416 e. The lowest BCUT2D eigenvalue weighted by atomic mass is 9.98. The second kappa shape index (κ2) is 31.3. The summed E-state index contributed by atoms with van der Waals surface area (Å²) in [7, 11) is 6.61. The number of carbonyl (C=O) groups is 3. The molecule has 0 atom stereocenters. The van der Waals surface area contributed by atoms with E-state index >= 15 is 0 Å². The number of halogens is 10. The first-order chi connectivity index (χ1) is 43.7. The summed E-state index contributed by atoms with van der Waals surface area (Å²) in [5.74, 6) is 0.540. The van der Waals surface area contributed by atoms with Gasteiger partial charge in [-0.2, -0.15) is 39.5 Å². The van der Waals surface area contributed by atoms with E-state index in [4.69, 9.17) is 41.4 Å². The van der Waals surface area contributed by atoms with Crippen LogP contribution in [0.4, 0.5) is 68.0 Å². The number of ether oxygens (including phenoxy) is 4. The lowest BCUT2D eigenvalue weighted by molar-refractivity contribution is -0.385. The molecule has 2 aliphatic heterocycles. The third kappa shape index (κ3) is 19.7. The number of hydrogen-bond acceptors (Lipinski definition) is 16. The van der Waals surface area contributed by atoms with Crippen LogP contribution in [0.3, 0.4) is 0 Å². The zero-order valence-electron chi connectivity index (χ0n) is 49.5. The van der Waals surface area contributed by atoms with Crippen molar-refractivity contribution in [1.82, 2.24) is 9.80 Å². The molecule has 0 unspecified atom stereocenters. The number of methoxy groups -OCH3 is 4. The maximum atomic E-state index is 12.9. The molecule has 4 N–H and O–H groups in total. The van der Waals surface area contributed by atoms with Crippen LogP contribution in [0.5, 0.6) is 23.0 Å². The Balaban J connectivity index is 0.000000213. The average Bonchev–Trinajstić information content (AvgIpc) is 1.33. The quantitative estimate of drug-likeness (QED) is 0.0251. The first-order valence-electron chi connectivity index (χ1n) is 27.4. The maximum Gasteiger partial charge on any atom is 0.416 e. The van der Waals surface area contributed by atoms with Crippen LogP contribution in [0.15, 0.2) is 127 Å². The van der Waals surface area contributed by atoms with Gasteiger partial charge in [0.2, 0.25) is 0 Å². The van der Waals surface area contributed by atoms with E-state index in [1.54, 1.807) is 40.6 Å². The zero-order valence-corrected chi connectivity index (χ0v) is 50.3. The van der Waals surface area contributed by atoms with Gasteiger partial charge in [-0.05, 0) is 156 Å². The average molecular weight is 1330 g/mol. The first kappa shape index (κ1) is 72.0. The SMILES string of the molecule is COc1cc2c(cc1OC)CN(CCc1ccc(N)cc1)CC2.COc1cc2c(cc1OC)CN(CCc1ccc(NC(=O)c3ccc(C(F)(F)F)cc3[N+](=O)[O-])cc1)CC2.O=C(Cl)c1ccc(C(F)(F)F)cc1[N+](=O)[O-].O=C(O)c1ccc(C(F)(F)F)cc1[N+](=O)[O-]. The van der Waals surface area contributed by atoms with Crippen molar-refractivity contribution in [2.75, 3.05) is 65.7 Å². The highest BCUT2D eigenvalue weighted by Gasteiger charge is 2.37. The molecule has 0 radical (unpaired) electrons. The van der Waals surface area contributed by atoms with E-state index in [9.17, 15) is 84.2 Å². The lowest BCUT2D eigenvalue weighted by Gasteiger charge is -2.29. The Kier molecular flexibility index (Phi) is 24.2. The number of nitro benzene ring substituents is 3. The van der Waals surface area contributed by atoms with Gasteiger partial charge in [-0.3, -0.25) is 49.7 Å². The molecule has 1 amide bonds. The molecule has 31 heteroatoms. The van der Waals surface area contributed by atoms with Gasteiger partial charge < -0.3 is 35.1 Å². The van der Waals surface area contributed by atoms with Crippen LogP contribution in [0.2, 0.25) is 0 Å². The number of nitrogens with two attached hydrogens (primary N) is 1. The maximum absolute atomic E-state index is 12.9. The summed E-state index contributed by atoms with van der Waals surface area (Å²) < 4.78 is 134. The van der Waals surface area contributed by atoms with E-state index in [-0.39, 0.29) is 12.1 Å². The van der Waals surface area contributed by atoms with E-state index in [0.29, 0.717) is 47.8 Å². The minimum atomic E-state index is -4.76. The number of nitrogens with one attached hydrogen (secondary N) is 1. The number of carboxylic acid groups (broad SMARTS) is 1. The molecule has 2 heterocycles. The normalized spacial score (nSPS) is 12.9. The molecule has 494 valence electrons. The number of aromatic carboxylic acids is 1. The van der Waals surface area contributed by atoms with Crippen LogP contribution in [0.1, 0.15) is 81.1 Å². The number of fused-ring (bicyclic) bond motifs is 2. The molecule has 7 aromatic rings. The van der Waals surface area contributed by atoms with Gasteiger partial charge in [-0.1, -0.05) is 24.3 Å². The monoisotopic (exact) mass is 1330 g/mol. The minimum absolute atomic E-state index is 0.198.